The Morgan fingerprint density at radius 3 is 2.55 bits per heavy atom. The summed E-state index contributed by atoms with van der Waals surface area (Å²) in [6.45, 7) is 4.35. The van der Waals surface area contributed by atoms with E-state index < -0.39 is 0 Å². The quantitative estimate of drug-likeness (QED) is 0.515. The lowest BCUT2D eigenvalue weighted by molar-refractivity contribution is 0.0705. The van der Waals surface area contributed by atoms with Crippen LogP contribution in [0.3, 0.4) is 0 Å². The van der Waals surface area contributed by atoms with Crippen LogP contribution in [0.2, 0.25) is 0 Å². The van der Waals surface area contributed by atoms with Crippen LogP contribution in [0.25, 0.3) is 16.6 Å². The first-order valence-electron chi connectivity index (χ1n) is 10.6. The van der Waals surface area contributed by atoms with Crippen LogP contribution < -0.4 is 4.90 Å². The van der Waals surface area contributed by atoms with E-state index in [4.69, 9.17) is 4.98 Å². The molecule has 0 bridgehead atoms. The van der Waals surface area contributed by atoms with Crippen LogP contribution in [0, 0.1) is 0 Å². The maximum absolute atomic E-state index is 13.5. The van der Waals surface area contributed by atoms with Crippen molar-refractivity contribution in [2.45, 2.75) is 19.4 Å². The zero-order valence-corrected chi connectivity index (χ0v) is 17.4. The Morgan fingerprint density at radius 2 is 1.68 bits per heavy atom. The minimum absolute atomic E-state index is 0.00807. The van der Waals surface area contributed by atoms with Gasteiger partial charge in [-0.05, 0) is 43.7 Å². The van der Waals surface area contributed by atoms with E-state index in [-0.39, 0.29) is 11.9 Å². The lowest BCUT2D eigenvalue weighted by atomic mass is 10.1. The smallest absolute Gasteiger partial charge is 0.256 e. The SMILES string of the molecule is CC1CCN(c2ccc3ccccc3n2)CCN1C(=O)c1ccccc1-n1nccn1. The predicted molar refractivity (Wildman–Crippen MR) is 120 cm³/mol. The van der Waals surface area contributed by atoms with Crippen LogP contribution in [-0.4, -0.2) is 56.5 Å². The van der Waals surface area contributed by atoms with Gasteiger partial charge in [-0.15, -0.1) is 0 Å². The number of para-hydroxylation sites is 2. The average Bonchev–Trinajstić information content (AvgIpc) is 3.28. The van der Waals surface area contributed by atoms with Gasteiger partial charge in [0, 0.05) is 31.1 Å². The fraction of sp³-hybridized carbons (Fsp3) is 0.250. The van der Waals surface area contributed by atoms with Crippen molar-refractivity contribution < 1.29 is 4.79 Å². The second-order valence-electron chi connectivity index (χ2n) is 7.82. The lowest BCUT2D eigenvalue weighted by Gasteiger charge is -2.27. The van der Waals surface area contributed by atoms with Crippen LogP contribution in [0.4, 0.5) is 5.82 Å². The molecule has 31 heavy (non-hydrogen) atoms. The van der Waals surface area contributed by atoms with Gasteiger partial charge in [0.2, 0.25) is 0 Å². The maximum atomic E-state index is 13.5. The Bertz CT molecular complexity index is 1210. The summed E-state index contributed by atoms with van der Waals surface area (Å²) in [4.78, 5) is 24.1. The summed E-state index contributed by atoms with van der Waals surface area (Å²) in [6.07, 6.45) is 4.11. The number of rotatable bonds is 3. The second-order valence-corrected chi connectivity index (χ2v) is 7.82. The molecule has 156 valence electrons. The molecule has 3 heterocycles. The predicted octanol–water partition coefficient (Wildman–Crippen LogP) is 3.56. The zero-order chi connectivity index (χ0) is 21.2. The van der Waals surface area contributed by atoms with Crippen molar-refractivity contribution in [1.29, 1.82) is 0 Å². The van der Waals surface area contributed by atoms with Crippen LogP contribution in [0.5, 0.6) is 0 Å². The molecule has 7 nitrogen and oxygen atoms in total. The molecule has 5 rings (SSSR count). The van der Waals surface area contributed by atoms with Crippen molar-refractivity contribution in [3.8, 4) is 5.69 Å². The molecule has 0 aliphatic carbocycles. The molecule has 0 radical (unpaired) electrons. The molecule has 2 aromatic heterocycles. The monoisotopic (exact) mass is 412 g/mol. The summed E-state index contributed by atoms with van der Waals surface area (Å²) in [5, 5.41) is 9.55. The van der Waals surface area contributed by atoms with E-state index >= 15 is 0 Å². The highest BCUT2D eigenvalue weighted by atomic mass is 16.2. The Hall–Kier alpha value is -3.74. The number of fused-ring (bicyclic) bond motifs is 1. The van der Waals surface area contributed by atoms with Crippen molar-refractivity contribution in [3.63, 3.8) is 0 Å². The first-order valence-corrected chi connectivity index (χ1v) is 10.6. The molecular weight excluding hydrogens is 388 g/mol. The lowest BCUT2D eigenvalue weighted by Crippen LogP contribution is -2.40. The number of hydrogen-bond donors (Lipinski definition) is 0. The molecular formula is C24H24N6O. The number of amides is 1. The van der Waals surface area contributed by atoms with Crippen molar-refractivity contribution in [1.82, 2.24) is 24.9 Å². The Kier molecular flexibility index (Phi) is 5.08. The third kappa shape index (κ3) is 3.74. The molecule has 1 unspecified atom stereocenters. The van der Waals surface area contributed by atoms with Crippen molar-refractivity contribution in [2.24, 2.45) is 0 Å². The van der Waals surface area contributed by atoms with Crippen LogP contribution in [-0.2, 0) is 0 Å². The van der Waals surface area contributed by atoms with Gasteiger partial charge in [-0.2, -0.15) is 15.0 Å². The Morgan fingerprint density at radius 1 is 0.903 bits per heavy atom. The third-order valence-corrected chi connectivity index (χ3v) is 5.90. The number of pyridine rings is 1. The van der Waals surface area contributed by atoms with E-state index in [1.165, 1.54) is 4.80 Å². The highest BCUT2D eigenvalue weighted by Gasteiger charge is 2.28. The number of hydrogen-bond acceptors (Lipinski definition) is 5. The molecule has 0 saturated carbocycles. The molecule has 1 amide bonds. The van der Waals surface area contributed by atoms with E-state index in [1.807, 2.05) is 47.4 Å². The second kappa shape index (κ2) is 8.18. The normalized spacial score (nSPS) is 17.0. The van der Waals surface area contributed by atoms with Crippen LogP contribution in [0.15, 0.2) is 73.1 Å². The first-order chi connectivity index (χ1) is 15.2. The number of benzene rings is 2. The number of carbonyl (C=O) groups is 1. The van der Waals surface area contributed by atoms with Crippen molar-refractivity contribution in [2.75, 3.05) is 24.5 Å². The molecule has 2 aromatic carbocycles. The van der Waals surface area contributed by atoms with Crippen LogP contribution >= 0.6 is 0 Å². The molecule has 7 heteroatoms. The van der Waals surface area contributed by atoms with Gasteiger partial charge in [0.1, 0.15) is 5.82 Å². The molecule has 1 aliphatic heterocycles. The highest BCUT2D eigenvalue weighted by Crippen LogP contribution is 2.23. The standard InChI is InChI=1S/C24H24N6O/c1-18-12-15-28(23-11-10-19-6-2-4-8-21(19)27-23)16-17-29(18)24(31)20-7-3-5-9-22(20)30-25-13-14-26-30/h2-11,13-14,18H,12,15-17H2,1H3. The van der Waals surface area contributed by atoms with E-state index in [2.05, 4.69) is 40.2 Å². The molecule has 0 N–H and O–H groups in total. The Labute approximate surface area is 180 Å². The first kappa shape index (κ1) is 19.2. The minimum Gasteiger partial charge on any atom is -0.355 e. The highest BCUT2D eigenvalue weighted by molar-refractivity contribution is 5.98. The molecule has 1 aliphatic rings. The summed E-state index contributed by atoms with van der Waals surface area (Å²) >= 11 is 0. The number of nitrogens with zero attached hydrogens (tertiary/aromatic N) is 6. The van der Waals surface area contributed by atoms with E-state index in [0.29, 0.717) is 17.8 Å². The fourth-order valence-electron chi connectivity index (χ4n) is 4.15. The average molecular weight is 412 g/mol. The molecule has 4 aromatic rings. The van der Waals surface area contributed by atoms with Gasteiger partial charge in [0.05, 0.1) is 29.2 Å². The summed E-state index contributed by atoms with van der Waals surface area (Å²) in [5.74, 6) is 0.968. The van der Waals surface area contributed by atoms with Gasteiger partial charge in [0.15, 0.2) is 0 Å². The van der Waals surface area contributed by atoms with Gasteiger partial charge >= 0.3 is 0 Å². The van der Waals surface area contributed by atoms with E-state index in [9.17, 15) is 4.79 Å². The maximum Gasteiger partial charge on any atom is 0.256 e. The van der Waals surface area contributed by atoms with Crippen molar-refractivity contribution >= 4 is 22.6 Å². The minimum atomic E-state index is 0.00807. The largest absolute Gasteiger partial charge is 0.355 e. The van der Waals surface area contributed by atoms with Gasteiger partial charge in [-0.1, -0.05) is 30.3 Å². The molecule has 0 spiro atoms. The van der Waals surface area contributed by atoms with Gasteiger partial charge in [-0.25, -0.2) is 4.98 Å². The summed E-state index contributed by atoms with van der Waals surface area (Å²) in [5.41, 5.74) is 2.30. The van der Waals surface area contributed by atoms with E-state index in [1.54, 1.807) is 12.4 Å². The fourth-order valence-corrected chi connectivity index (χ4v) is 4.15. The van der Waals surface area contributed by atoms with Crippen LogP contribution in [0.1, 0.15) is 23.7 Å². The molecule has 1 fully saturated rings. The van der Waals surface area contributed by atoms with E-state index in [0.717, 1.165) is 36.2 Å². The van der Waals surface area contributed by atoms with Gasteiger partial charge in [0.25, 0.3) is 5.91 Å². The number of carbonyl (C=O) groups excluding carboxylic acids is 1. The summed E-state index contributed by atoms with van der Waals surface area (Å²) in [7, 11) is 0. The number of anilines is 1. The molecule has 1 atom stereocenters. The summed E-state index contributed by atoms with van der Waals surface area (Å²) in [6, 6.07) is 20.0. The third-order valence-electron chi connectivity index (χ3n) is 5.90. The Balaban J connectivity index is 1.39. The number of aromatic nitrogens is 4. The van der Waals surface area contributed by atoms with Gasteiger partial charge < -0.3 is 9.80 Å². The summed E-state index contributed by atoms with van der Waals surface area (Å²) < 4.78 is 0. The topological polar surface area (TPSA) is 67.2 Å². The zero-order valence-electron chi connectivity index (χ0n) is 17.4. The molecule has 1 saturated heterocycles. The van der Waals surface area contributed by atoms with Gasteiger partial charge in [-0.3, -0.25) is 4.79 Å². The van der Waals surface area contributed by atoms with Crippen molar-refractivity contribution in [3.05, 3.63) is 78.6 Å².